The van der Waals surface area contributed by atoms with Crippen LogP contribution < -0.4 is 5.32 Å². The Morgan fingerprint density at radius 1 is 1.38 bits per heavy atom. The molecule has 116 valence electrons. The molecular formula is C18H27NOS. The fraction of sp³-hybridized carbons (Fsp3) is 0.667. The lowest BCUT2D eigenvalue weighted by Gasteiger charge is -2.39. The van der Waals surface area contributed by atoms with E-state index in [1.807, 2.05) is 0 Å². The molecule has 0 saturated carbocycles. The molecule has 2 heterocycles. The molecule has 2 saturated heterocycles. The smallest absolute Gasteiger partial charge is 0.0795 e. The van der Waals surface area contributed by atoms with Gasteiger partial charge in [0.05, 0.1) is 5.60 Å². The predicted octanol–water partition coefficient (Wildman–Crippen LogP) is 3.65. The van der Waals surface area contributed by atoms with E-state index in [0.29, 0.717) is 12.1 Å². The van der Waals surface area contributed by atoms with Crippen LogP contribution in [0.3, 0.4) is 0 Å². The first-order valence-corrected chi connectivity index (χ1v) is 9.43. The summed E-state index contributed by atoms with van der Waals surface area (Å²) >= 11 is 2.06. The van der Waals surface area contributed by atoms with Crippen LogP contribution >= 0.6 is 11.8 Å². The summed E-state index contributed by atoms with van der Waals surface area (Å²) in [6.45, 7) is 3.26. The Kier molecular flexibility index (Phi) is 5.25. The van der Waals surface area contributed by atoms with Crippen molar-refractivity contribution in [2.75, 3.05) is 18.1 Å². The summed E-state index contributed by atoms with van der Waals surface area (Å²) in [5.41, 5.74) is 1.64. The van der Waals surface area contributed by atoms with Gasteiger partial charge < -0.3 is 10.1 Å². The summed E-state index contributed by atoms with van der Waals surface area (Å²) in [5, 5.41) is 3.85. The standard InChI is InChI=1S/C18H27NOS/c1-15(7-8-16-5-3-2-4-6-16)19-17-9-11-20-18(13-17)10-12-21-14-18/h2-6,15,17,19H,7-14H2,1H3. The normalized spacial score (nSPS) is 30.6. The molecule has 0 aliphatic carbocycles. The molecule has 2 fully saturated rings. The number of aryl methyl sites for hydroxylation is 1. The lowest BCUT2D eigenvalue weighted by molar-refractivity contribution is -0.0712. The third kappa shape index (κ3) is 4.24. The summed E-state index contributed by atoms with van der Waals surface area (Å²) in [4.78, 5) is 0. The molecule has 0 radical (unpaired) electrons. The molecule has 3 atom stereocenters. The Hall–Kier alpha value is -0.510. The highest BCUT2D eigenvalue weighted by atomic mass is 32.2. The average Bonchev–Trinajstić information content (AvgIpc) is 2.94. The lowest BCUT2D eigenvalue weighted by atomic mass is 9.89. The number of nitrogens with one attached hydrogen (secondary N) is 1. The zero-order valence-corrected chi connectivity index (χ0v) is 13.8. The predicted molar refractivity (Wildman–Crippen MR) is 91.0 cm³/mol. The third-order valence-electron chi connectivity index (χ3n) is 4.79. The van der Waals surface area contributed by atoms with Crippen molar-refractivity contribution in [2.24, 2.45) is 0 Å². The van der Waals surface area contributed by atoms with E-state index in [2.05, 4.69) is 54.3 Å². The van der Waals surface area contributed by atoms with E-state index in [0.717, 1.165) is 6.61 Å². The van der Waals surface area contributed by atoms with Crippen molar-refractivity contribution in [1.82, 2.24) is 5.32 Å². The second-order valence-corrected chi connectivity index (χ2v) is 7.72. The number of hydrogen-bond donors (Lipinski definition) is 1. The molecule has 2 nitrogen and oxygen atoms in total. The van der Waals surface area contributed by atoms with Crippen molar-refractivity contribution >= 4 is 11.8 Å². The molecule has 0 amide bonds. The molecule has 1 aromatic carbocycles. The molecule has 21 heavy (non-hydrogen) atoms. The maximum absolute atomic E-state index is 6.11. The fourth-order valence-corrected chi connectivity index (χ4v) is 4.93. The van der Waals surface area contributed by atoms with Gasteiger partial charge >= 0.3 is 0 Å². The summed E-state index contributed by atoms with van der Waals surface area (Å²) in [6.07, 6.45) is 5.99. The molecular weight excluding hydrogens is 278 g/mol. The highest BCUT2D eigenvalue weighted by molar-refractivity contribution is 7.99. The van der Waals surface area contributed by atoms with E-state index in [9.17, 15) is 0 Å². The van der Waals surface area contributed by atoms with Gasteiger partial charge in [-0.15, -0.1) is 0 Å². The maximum Gasteiger partial charge on any atom is 0.0795 e. The second kappa shape index (κ2) is 7.17. The van der Waals surface area contributed by atoms with Gasteiger partial charge in [-0.3, -0.25) is 0 Å². The van der Waals surface area contributed by atoms with Gasteiger partial charge in [-0.2, -0.15) is 11.8 Å². The SMILES string of the molecule is CC(CCc1ccccc1)NC1CCOC2(CCSC2)C1. The molecule has 1 N–H and O–H groups in total. The van der Waals surface area contributed by atoms with Crippen LogP contribution in [0.4, 0.5) is 0 Å². The zero-order valence-electron chi connectivity index (χ0n) is 13.0. The van der Waals surface area contributed by atoms with Gasteiger partial charge in [0.25, 0.3) is 0 Å². The zero-order chi connectivity index (χ0) is 14.5. The van der Waals surface area contributed by atoms with Gasteiger partial charge in [0.15, 0.2) is 0 Å². The van der Waals surface area contributed by atoms with Crippen LogP contribution in [0, 0.1) is 0 Å². The van der Waals surface area contributed by atoms with E-state index in [4.69, 9.17) is 4.74 Å². The first kappa shape index (κ1) is 15.4. The van der Waals surface area contributed by atoms with Gasteiger partial charge in [0, 0.05) is 24.4 Å². The first-order chi connectivity index (χ1) is 10.3. The van der Waals surface area contributed by atoms with Gasteiger partial charge in [-0.25, -0.2) is 0 Å². The lowest BCUT2D eigenvalue weighted by Crippen LogP contribution is -2.49. The molecule has 1 spiro atoms. The first-order valence-electron chi connectivity index (χ1n) is 8.27. The molecule has 3 heteroatoms. The minimum atomic E-state index is 0.194. The Morgan fingerprint density at radius 2 is 2.24 bits per heavy atom. The maximum atomic E-state index is 6.11. The minimum Gasteiger partial charge on any atom is -0.374 e. The molecule has 0 aromatic heterocycles. The van der Waals surface area contributed by atoms with Crippen LogP contribution in [0.1, 0.15) is 38.2 Å². The van der Waals surface area contributed by atoms with Crippen LogP contribution in [0.5, 0.6) is 0 Å². The largest absolute Gasteiger partial charge is 0.374 e. The Bertz CT molecular complexity index is 430. The summed E-state index contributed by atoms with van der Waals surface area (Å²) in [6, 6.07) is 12.0. The second-order valence-electron chi connectivity index (χ2n) is 6.62. The quantitative estimate of drug-likeness (QED) is 0.897. The Labute approximate surface area is 133 Å². The van der Waals surface area contributed by atoms with E-state index >= 15 is 0 Å². The highest BCUT2D eigenvalue weighted by Gasteiger charge is 2.40. The van der Waals surface area contributed by atoms with E-state index < -0.39 is 0 Å². The van der Waals surface area contributed by atoms with Crippen LogP contribution in [0.15, 0.2) is 30.3 Å². The summed E-state index contributed by atoms with van der Waals surface area (Å²) in [5.74, 6) is 2.47. The van der Waals surface area contributed by atoms with Gasteiger partial charge in [0.2, 0.25) is 0 Å². The molecule has 2 aliphatic heterocycles. The van der Waals surface area contributed by atoms with Gasteiger partial charge in [-0.05, 0) is 50.3 Å². The van der Waals surface area contributed by atoms with Crippen molar-refractivity contribution in [3.05, 3.63) is 35.9 Å². The third-order valence-corrected chi connectivity index (χ3v) is 6.01. The number of thioether (sulfide) groups is 1. The van der Waals surface area contributed by atoms with Crippen molar-refractivity contribution in [3.63, 3.8) is 0 Å². The Morgan fingerprint density at radius 3 is 3.00 bits per heavy atom. The van der Waals surface area contributed by atoms with E-state index in [-0.39, 0.29) is 5.60 Å². The van der Waals surface area contributed by atoms with E-state index in [1.165, 1.54) is 49.2 Å². The fourth-order valence-electron chi connectivity index (χ4n) is 3.55. The minimum absolute atomic E-state index is 0.194. The van der Waals surface area contributed by atoms with Gasteiger partial charge in [0.1, 0.15) is 0 Å². The van der Waals surface area contributed by atoms with Crippen molar-refractivity contribution in [2.45, 2.75) is 56.7 Å². The molecule has 0 bridgehead atoms. The van der Waals surface area contributed by atoms with E-state index in [1.54, 1.807) is 0 Å². The highest BCUT2D eigenvalue weighted by Crippen LogP contribution is 2.38. The van der Waals surface area contributed by atoms with Crippen LogP contribution in [-0.4, -0.2) is 35.8 Å². The Balaban J connectivity index is 1.45. The summed E-state index contributed by atoms with van der Waals surface area (Å²) in [7, 11) is 0. The van der Waals surface area contributed by atoms with Crippen molar-refractivity contribution < 1.29 is 4.74 Å². The van der Waals surface area contributed by atoms with Crippen molar-refractivity contribution in [3.8, 4) is 0 Å². The average molecular weight is 305 g/mol. The summed E-state index contributed by atoms with van der Waals surface area (Å²) < 4.78 is 6.11. The number of benzene rings is 1. The number of ether oxygens (including phenoxy) is 1. The molecule has 1 aromatic rings. The molecule has 3 rings (SSSR count). The van der Waals surface area contributed by atoms with Crippen LogP contribution in [0.2, 0.25) is 0 Å². The van der Waals surface area contributed by atoms with Gasteiger partial charge in [-0.1, -0.05) is 30.3 Å². The monoisotopic (exact) mass is 305 g/mol. The van der Waals surface area contributed by atoms with Crippen LogP contribution in [0.25, 0.3) is 0 Å². The molecule has 2 aliphatic rings. The van der Waals surface area contributed by atoms with Crippen LogP contribution in [-0.2, 0) is 11.2 Å². The number of hydrogen-bond acceptors (Lipinski definition) is 3. The number of rotatable bonds is 5. The molecule has 3 unspecified atom stereocenters. The van der Waals surface area contributed by atoms with Crippen molar-refractivity contribution in [1.29, 1.82) is 0 Å². The topological polar surface area (TPSA) is 21.3 Å².